The molecule has 51 heavy (non-hydrogen) atoms. The molecule has 0 unspecified atom stereocenters. The second-order valence-electron chi connectivity index (χ2n) is 11.2. The maximum atomic E-state index is 13.5. The third kappa shape index (κ3) is 12.6. The normalized spacial score (nSPS) is 11.8. The SMILES string of the molecule is CC.CC.CN(N)c1ccc(N)cc1.COc1ccc2c(c1)c(CC(=O)NCC[NH][Sb]([CH3])[c]1ccc(N)cc1)c(C)n2C(=O)C1=CC=C(Cl)CC1. The van der Waals surface area contributed by atoms with Gasteiger partial charge in [0.05, 0.1) is 5.69 Å². The smallest absolute Gasteiger partial charge is 0.0891 e. The van der Waals surface area contributed by atoms with Crippen LogP contribution in [0.2, 0.25) is 4.87 Å². The molecule has 1 amide bonds. The van der Waals surface area contributed by atoms with Gasteiger partial charge in [0.25, 0.3) is 0 Å². The predicted molar refractivity (Wildman–Crippen MR) is 218 cm³/mol. The minimum Gasteiger partial charge on any atom is -0.0891 e. The fourth-order valence-electron chi connectivity index (χ4n) is 5.16. The van der Waals surface area contributed by atoms with E-state index in [-0.39, 0.29) is 18.2 Å². The van der Waals surface area contributed by atoms with Crippen LogP contribution in [0.3, 0.4) is 0 Å². The number of nitrogens with zero attached hydrogens (tertiary/aromatic N) is 2. The van der Waals surface area contributed by atoms with E-state index in [1.54, 1.807) is 35.9 Å². The van der Waals surface area contributed by atoms with E-state index in [2.05, 4.69) is 25.8 Å². The van der Waals surface area contributed by atoms with E-state index in [4.69, 9.17) is 33.6 Å². The molecule has 1 aliphatic rings. The molecule has 0 atom stereocenters. The van der Waals surface area contributed by atoms with E-state index in [9.17, 15) is 9.59 Å². The topological polar surface area (TPSA) is 154 Å². The fraction of sp³-hybridized carbons (Fsp3) is 0.333. The van der Waals surface area contributed by atoms with Gasteiger partial charge in [-0.15, -0.1) is 0 Å². The Kier molecular flexibility index (Phi) is 18.7. The third-order valence-corrected chi connectivity index (χ3v) is 13.2. The van der Waals surface area contributed by atoms with Crippen molar-refractivity contribution in [1.82, 2.24) is 13.4 Å². The first-order valence-electron chi connectivity index (χ1n) is 17.2. The molecule has 0 spiro atoms. The van der Waals surface area contributed by atoms with Gasteiger partial charge in [-0.3, -0.25) is 0 Å². The number of nitrogen functional groups attached to an aromatic ring is 2. The molecule has 10 nitrogen and oxygen atoms in total. The predicted octanol–water partition coefficient (Wildman–Crippen LogP) is 6.43. The van der Waals surface area contributed by atoms with Gasteiger partial charge < -0.3 is 10.7 Å². The van der Waals surface area contributed by atoms with Gasteiger partial charge in [0.2, 0.25) is 0 Å². The number of aromatic nitrogens is 1. The number of rotatable bonds is 10. The van der Waals surface area contributed by atoms with E-state index in [1.165, 1.54) is 3.51 Å². The maximum absolute atomic E-state index is 13.5. The summed E-state index contributed by atoms with van der Waals surface area (Å²) in [5.41, 5.74) is 16.8. The molecule has 1 aromatic heterocycles. The Morgan fingerprint density at radius 1 is 0.922 bits per heavy atom. The average Bonchev–Trinajstić information content (AvgIpc) is 3.41. The van der Waals surface area contributed by atoms with Gasteiger partial charge in [-0.25, -0.2) is 5.84 Å². The zero-order valence-corrected chi connectivity index (χ0v) is 34.5. The number of nitrogens with one attached hydrogen (secondary N) is 2. The molecular weight excluding hydrogens is 772 g/mol. The Bertz CT molecular complexity index is 1770. The quantitative estimate of drug-likeness (QED) is 0.0403. The number of fused-ring (bicyclic) bond motifs is 1. The number of nitrogens with two attached hydrogens (primary N) is 3. The Balaban J connectivity index is 0.000000545. The molecule has 0 radical (unpaired) electrons. The number of ether oxygens (including phenoxy) is 1. The molecule has 0 aliphatic heterocycles. The van der Waals surface area contributed by atoms with Crippen LogP contribution in [-0.2, 0) is 11.2 Å². The number of carbonyl (C=O) groups is 2. The van der Waals surface area contributed by atoms with E-state index in [0.29, 0.717) is 37.3 Å². The number of hydrazine groups is 1. The van der Waals surface area contributed by atoms with Crippen LogP contribution in [0.1, 0.15) is 56.6 Å². The molecule has 5 rings (SSSR count). The van der Waals surface area contributed by atoms with Crippen LogP contribution < -0.4 is 39.4 Å². The van der Waals surface area contributed by atoms with Crippen LogP contribution in [0, 0.1) is 6.92 Å². The summed E-state index contributed by atoms with van der Waals surface area (Å²) >= 11 is 4.31. The molecule has 8 N–H and O–H groups in total. The summed E-state index contributed by atoms with van der Waals surface area (Å²) in [6, 6.07) is 21.0. The van der Waals surface area contributed by atoms with Crippen molar-refractivity contribution in [2.75, 3.05) is 43.7 Å². The second-order valence-corrected chi connectivity index (χ2v) is 17.2. The zero-order chi connectivity index (χ0) is 38.1. The summed E-state index contributed by atoms with van der Waals surface area (Å²) in [6.07, 6.45) is 4.98. The number of allylic oxidation sites excluding steroid dienone is 4. The number of anilines is 3. The van der Waals surface area contributed by atoms with Crippen LogP contribution in [0.25, 0.3) is 10.9 Å². The van der Waals surface area contributed by atoms with Crippen LogP contribution in [0.4, 0.5) is 17.1 Å². The molecule has 0 saturated heterocycles. The van der Waals surface area contributed by atoms with Crippen LogP contribution in [-0.4, -0.2) is 64.1 Å². The molecule has 1 aliphatic carbocycles. The molecule has 276 valence electrons. The van der Waals surface area contributed by atoms with Crippen LogP contribution in [0.5, 0.6) is 5.75 Å². The van der Waals surface area contributed by atoms with Crippen molar-refractivity contribution in [3.8, 4) is 5.75 Å². The van der Waals surface area contributed by atoms with Gasteiger partial charge in [-0.1, -0.05) is 39.3 Å². The molecule has 12 heteroatoms. The van der Waals surface area contributed by atoms with Crippen molar-refractivity contribution in [2.45, 2.75) is 58.8 Å². The fourth-order valence-corrected chi connectivity index (χ4v) is 8.81. The Hall–Kier alpha value is -3.95. The molecule has 3 aromatic carbocycles. The minimum absolute atomic E-state index is 0.0852. The third-order valence-electron chi connectivity index (χ3n) is 7.83. The van der Waals surface area contributed by atoms with E-state index in [1.807, 2.05) is 89.2 Å². The van der Waals surface area contributed by atoms with Crippen molar-refractivity contribution in [3.05, 3.63) is 101 Å². The van der Waals surface area contributed by atoms with Crippen molar-refractivity contribution < 1.29 is 14.3 Å². The number of hydrogen-bond acceptors (Lipinski definition) is 8. The van der Waals surface area contributed by atoms with Crippen LogP contribution in [0.15, 0.2) is 89.5 Å². The van der Waals surface area contributed by atoms with Gasteiger partial charge in [0, 0.05) is 17.8 Å². The van der Waals surface area contributed by atoms with E-state index >= 15 is 0 Å². The summed E-state index contributed by atoms with van der Waals surface area (Å²) in [7, 11) is 3.39. The van der Waals surface area contributed by atoms with Crippen molar-refractivity contribution in [2.24, 2.45) is 5.84 Å². The monoisotopic (exact) mass is 825 g/mol. The molecule has 1 heterocycles. The number of carbonyl (C=O) groups excluding carboxylic acids is 2. The first-order valence-corrected chi connectivity index (χ1v) is 22.7. The number of benzene rings is 3. The zero-order valence-electron chi connectivity index (χ0n) is 31.2. The Morgan fingerprint density at radius 2 is 1.53 bits per heavy atom. The minimum atomic E-state index is -1.78. The van der Waals surface area contributed by atoms with E-state index in [0.717, 1.165) is 44.3 Å². The van der Waals surface area contributed by atoms with Crippen molar-refractivity contribution in [1.29, 1.82) is 0 Å². The first-order chi connectivity index (χ1) is 24.5. The van der Waals surface area contributed by atoms with E-state index < -0.39 is 20.5 Å². The Labute approximate surface area is 316 Å². The van der Waals surface area contributed by atoms with Crippen molar-refractivity contribution in [3.63, 3.8) is 0 Å². The molecular formula is C39H55ClN7O3Sb. The van der Waals surface area contributed by atoms with Gasteiger partial charge in [-0.05, 0) is 36.8 Å². The Morgan fingerprint density at radius 3 is 2.08 bits per heavy atom. The van der Waals surface area contributed by atoms with Gasteiger partial charge >= 0.3 is 202 Å². The standard InChI is InChI=1S/C21H23ClN3O3.C7H11N3.C6H6N.2C2H6.CH3.Sb/c1-13-17(12-20(26)24-10-9-23)18-11-16(28-2)7-8-19(18)25(13)21(27)14-3-5-15(22)6-4-14;1-10(9)7-4-2-6(8)3-5-7;7-6-4-2-1-3-5-6;2*1-2;;/h3,5,7-8,11,23H,4,6,9-10,12H2,1-2H3,(H,24,26);2-5H,8-9H2,1H3;2-5H,7H2;2*1-2H3;1H3;/q-1;;;;;;+1. The number of halogens is 1. The summed E-state index contributed by atoms with van der Waals surface area (Å²) in [5, 5.41) is 6.15. The van der Waals surface area contributed by atoms with Crippen LogP contribution >= 0.6 is 11.6 Å². The summed E-state index contributed by atoms with van der Waals surface area (Å²) in [6.45, 7) is 11.1. The average molecular weight is 827 g/mol. The summed E-state index contributed by atoms with van der Waals surface area (Å²) in [4.78, 5) is 28.7. The van der Waals surface area contributed by atoms with Gasteiger partial charge in [0.1, 0.15) is 0 Å². The van der Waals surface area contributed by atoms with Gasteiger partial charge in [0.15, 0.2) is 0 Å². The number of hydrogen-bond donors (Lipinski definition) is 5. The van der Waals surface area contributed by atoms with Crippen molar-refractivity contribution >= 4 is 75.4 Å². The number of amides is 1. The van der Waals surface area contributed by atoms with Gasteiger partial charge in [-0.2, -0.15) is 0 Å². The summed E-state index contributed by atoms with van der Waals surface area (Å²) < 4.78 is 12.0. The summed E-state index contributed by atoms with van der Waals surface area (Å²) in [5.74, 6) is 5.96. The molecule has 0 saturated carbocycles. The molecule has 0 fully saturated rings. The molecule has 4 aromatic rings. The first kappa shape index (κ1) is 43.2. The molecule has 0 bridgehead atoms. The second kappa shape index (κ2) is 22.1. The number of methoxy groups -OCH3 is 1.